The number of ether oxygens (including phenoxy) is 1. The summed E-state index contributed by atoms with van der Waals surface area (Å²) in [4.78, 5) is 8.79. The second kappa shape index (κ2) is 10.5. The predicted molar refractivity (Wildman–Crippen MR) is 98.7 cm³/mol. The molecule has 1 heterocycles. The number of aliphatic imine (C=N–C) groups is 1. The predicted octanol–water partition coefficient (Wildman–Crippen LogP) is 2.04. The topological polar surface area (TPSA) is 84.6 Å². The lowest BCUT2D eigenvalue weighted by Crippen LogP contribution is -2.38. The minimum absolute atomic E-state index is 0.571. The standard InChI is InChI=1S/C18H27N5O2/c1-4-16-22-17(25-23-16)15-8-6-14(7-9-15)10-11-20-18(19-5-2)21-12-13-24-3/h6-9H,4-5,10-13H2,1-3H3,(H2,19,20,21). The lowest BCUT2D eigenvalue weighted by molar-refractivity contribution is 0.208. The molecule has 0 aliphatic rings. The molecule has 0 aliphatic heterocycles. The van der Waals surface area contributed by atoms with Crippen LogP contribution in [0.2, 0.25) is 0 Å². The second-order valence-corrected chi connectivity index (χ2v) is 5.50. The molecule has 0 unspecified atom stereocenters. The van der Waals surface area contributed by atoms with Gasteiger partial charge in [-0.05, 0) is 31.0 Å². The van der Waals surface area contributed by atoms with Crippen LogP contribution >= 0.6 is 0 Å². The first-order valence-electron chi connectivity index (χ1n) is 8.69. The summed E-state index contributed by atoms with van der Waals surface area (Å²) in [5.41, 5.74) is 2.18. The summed E-state index contributed by atoms with van der Waals surface area (Å²) in [6.07, 6.45) is 1.67. The quantitative estimate of drug-likeness (QED) is 0.411. The van der Waals surface area contributed by atoms with Gasteiger partial charge in [-0.15, -0.1) is 0 Å². The van der Waals surface area contributed by atoms with Crippen LogP contribution in [0.4, 0.5) is 0 Å². The van der Waals surface area contributed by atoms with Crippen molar-refractivity contribution in [2.45, 2.75) is 26.7 Å². The number of aromatic nitrogens is 2. The first kappa shape index (κ1) is 18.9. The summed E-state index contributed by atoms with van der Waals surface area (Å²) < 4.78 is 10.3. The summed E-state index contributed by atoms with van der Waals surface area (Å²) in [5, 5.41) is 10.5. The first-order valence-corrected chi connectivity index (χ1v) is 8.69. The zero-order chi connectivity index (χ0) is 17.9. The Labute approximate surface area is 148 Å². The molecule has 0 saturated heterocycles. The van der Waals surface area contributed by atoms with Crippen LogP contribution < -0.4 is 10.6 Å². The molecule has 2 rings (SSSR count). The van der Waals surface area contributed by atoms with Crippen molar-refractivity contribution in [3.8, 4) is 11.5 Å². The lowest BCUT2D eigenvalue weighted by Gasteiger charge is -2.11. The van der Waals surface area contributed by atoms with Crippen molar-refractivity contribution in [2.24, 2.45) is 4.99 Å². The van der Waals surface area contributed by atoms with Crippen molar-refractivity contribution >= 4 is 5.96 Å². The number of nitrogens with zero attached hydrogens (tertiary/aromatic N) is 3. The Morgan fingerprint density at radius 2 is 2.00 bits per heavy atom. The number of rotatable bonds is 9. The van der Waals surface area contributed by atoms with Gasteiger partial charge in [0.1, 0.15) is 0 Å². The van der Waals surface area contributed by atoms with Gasteiger partial charge < -0.3 is 19.9 Å². The highest BCUT2D eigenvalue weighted by atomic mass is 16.5. The number of hydrogen-bond acceptors (Lipinski definition) is 5. The van der Waals surface area contributed by atoms with Gasteiger partial charge in [-0.3, -0.25) is 4.99 Å². The molecule has 0 fully saturated rings. The molecule has 0 amide bonds. The number of guanidine groups is 1. The summed E-state index contributed by atoms with van der Waals surface area (Å²) in [6.45, 7) is 6.95. The van der Waals surface area contributed by atoms with Gasteiger partial charge in [-0.2, -0.15) is 4.98 Å². The van der Waals surface area contributed by atoms with Crippen LogP contribution in [0.5, 0.6) is 0 Å². The molecule has 0 saturated carbocycles. The van der Waals surface area contributed by atoms with Gasteiger partial charge in [0, 0.05) is 32.2 Å². The van der Waals surface area contributed by atoms with Gasteiger partial charge in [0.05, 0.1) is 13.2 Å². The average Bonchev–Trinajstić information content (AvgIpc) is 3.12. The van der Waals surface area contributed by atoms with E-state index in [1.54, 1.807) is 7.11 Å². The summed E-state index contributed by atoms with van der Waals surface area (Å²) in [5.74, 6) is 2.11. The van der Waals surface area contributed by atoms with Crippen molar-refractivity contribution in [1.82, 2.24) is 20.8 Å². The van der Waals surface area contributed by atoms with Crippen LogP contribution in [-0.2, 0) is 17.6 Å². The smallest absolute Gasteiger partial charge is 0.257 e. The molecule has 1 aromatic heterocycles. The fraction of sp³-hybridized carbons (Fsp3) is 0.500. The molecule has 136 valence electrons. The normalized spacial score (nSPS) is 11.6. The monoisotopic (exact) mass is 345 g/mol. The maximum atomic E-state index is 5.26. The maximum absolute atomic E-state index is 5.26. The number of benzene rings is 1. The van der Waals surface area contributed by atoms with E-state index < -0.39 is 0 Å². The SMILES string of the molecule is CCNC(=NCCOC)NCCc1ccc(-c2nc(CC)no2)cc1. The molecule has 2 N–H and O–H groups in total. The minimum Gasteiger partial charge on any atom is -0.383 e. The van der Waals surface area contributed by atoms with Crippen molar-refractivity contribution in [3.05, 3.63) is 35.7 Å². The second-order valence-electron chi connectivity index (χ2n) is 5.50. The molecule has 25 heavy (non-hydrogen) atoms. The van der Waals surface area contributed by atoms with Crippen molar-refractivity contribution < 1.29 is 9.26 Å². The Balaban J connectivity index is 1.85. The highest BCUT2D eigenvalue weighted by Crippen LogP contribution is 2.18. The molecule has 0 aliphatic carbocycles. The number of methoxy groups -OCH3 is 1. The first-order chi connectivity index (χ1) is 12.3. The van der Waals surface area contributed by atoms with E-state index in [0.29, 0.717) is 19.0 Å². The highest BCUT2D eigenvalue weighted by molar-refractivity contribution is 5.79. The van der Waals surface area contributed by atoms with E-state index in [2.05, 4.69) is 37.9 Å². The zero-order valence-corrected chi connectivity index (χ0v) is 15.2. The van der Waals surface area contributed by atoms with Crippen LogP contribution in [0.1, 0.15) is 25.2 Å². The van der Waals surface area contributed by atoms with Gasteiger partial charge in [-0.25, -0.2) is 0 Å². The Hall–Kier alpha value is -2.41. The van der Waals surface area contributed by atoms with E-state index in [9.17, 15) is 0 Å². The molecule has 2 aromatic rings. The summed E-state index contributed by atoms with van der Waals surface area (Å²) in [6, 6.07) is 8.20. The van der Waals surface area contributed by atoms with E-state index in [-0.39, 0.29) is 0 Å². The van der Waals surface area contributed by atoms with E-state index in [1.165, 1.54) is 5.56 Å². The lowest BCUT2D eigenvalue weighted by atomic mass is 10.1. The number of hydrogen-bond donors (Lipinski definition) is 2. The van der Waals surface area contributed by atoms with Gasteiger partial charge >= 0.3 is 0 Å². The van der Waals surface area contributed by atoms with E-state index in [0.717, 1.165) is 43.3 Å². The van der Waals surface area contributed by atoms with Crippen molar-refractivity contribution in [1.29, 1.82) is 0 Å². The van der Waals surface area contributed by atoms with Gasteiger partial charge in [0.2, 0.25) is 0 Å². The van der Waals surface area contributed by atoms with Crippen LogP contribution in [0.25, 0.3) is 11.5 Å². The molecule has 7 heteroatoms. The van der Waals surface area contributed by atoms with Crippen LogP contribution in [0.15, 0.2) is 33.8 Å². The van der Waals surface area contributed by atoms with Gasteiger partial charge in [-0.1, -0.05) is 24.2 Å². The highest BCUT2D eigenvalue weighted by Gasteiger charge is 2.07. The van der Waals surface area contributed by atoms with Gasteiger partial charge in [0.25, 0.3) is 5.89 Å². The average molecular weight is 345 g/mol. The fourth-order valence-corrected chi connectivity index (χ4v) is 2.24. The Morgan fingerprint density at radius 1 is 1.20 bits per heavy atom. The van der Waals surface area contributed by atoms with Gasteiger partial charge in [0.15, 0.2) is 11.8 Å². The molecule has 0 atom stereocenters. The molecule has 0 spiro atoms. The third-order valence-corrected chi connectivity index (χ3v) is 3.60. The van der Waals surface area contributed by atoms with E-state index in [1.807, 2.05) is 26.0 Å². The molecule has 1 aromatic carbocycles. The molecule has 0 radical (unpaired) electrons. The number of aryl methyl sites for hydroxylation is 1. The van der Waals surface area contributed by atoms with Crippen molar-refractivity contribution in [3.63, 3.8) is 0 Å². The van der Waals surface area contributed by atoms with Crippen molar-refractivity contribution in [2.75, 3.05) is 33.4 Å². The molecule has 7 nitrogen and oxygen atoms in total. The largest absolute Gasteiger partial charge is 0.383 e. The third-order valence-electron chi connectivity index (χ3n) is 3.60. The summed E-state index contributed by atoms with van der Waals surface area (Å²) in [7, 11) is 1.68. The van der Waals surface area contributed by atoms with Crippen LogP contribution in [0, 0.1) is 0 Å². The number of nitrogens with one attached hydrogen (secondary N) is 2. The van der Waals surface area contributed by atoms with E-state index in [4.69, 9.17) is 9.26 Å². The third kappa shape index (κ3) is 6.19. The van der Waals surface area contributed by atoms with Crippen LogP contribution in [-0.4, -0.2) is 49.5 Å². The zero-order valence-electron chi connectivity index (χ0n) is 15.2. The molecular weight excluding hydrogens is 318 g/mol. The Kier molecular flexibility index (Phi) is 7.91. The Bertz CT molecular complexity index is 652. The Morgan fingerprint density at radius 3 is 2.64 bits per heavy atom. The molecule has 0 bridgehead atoms. The molecular formula is C18H27N5O2. The van der Waals surface area contributed by atoms with E-state index >= 15 is 0 Å². The summed E-state index contributed by atoms with van der Waals surface area (Å²) >= 11 is 0. The fourth-order valence-electron chi connectivity index (χ4n) is 2.24. The maximum Gasteiger partial charge on any atom is 0.257 e. The van der Waals surface area contributed by atoms with Crippen LogP contribution in [0.3, 0.4) is 0 Å². The minimum atomic E-state index is 0.571.